The summed E-state index contributed by atoms with van der Waals surface area (Å²) in [5.41, 5.74) is 7.54. The Bertz CT molecular complexity index is 1040. The van der Waals surface area contributed by atoms with E-state index in [0.29, 0.717) is 40.3 Å². The van der Waals surface area contributed by atoms with E-state index in [1.165, 1.54) is 7.11 Å². The van der Waals surface area contributed by atoms with Gasteiger partial charge in [0.05, 0.1) is 10.6 Å². The van der Waals surface area contributed by atoms with Gasteiger partial charge in [0.15, 0.2) is 5.79 Å². The highest BCUT2D eigenvalue weighted by Gasteiger charge is 2.34. The van der Waals surface area contributed by atoms with Crippen LogP contribution in [0.4, 0.5) is 0 Å². The number of carbonyl (C=O) groups excluding carboxylic acids is 1. The third kappa shape index (κ3) is 6.85. The van der Waals surface area contributed by atoms with Crippen LogP contribution in [0.3, 0.4) is 0 Å². The second-order valence-corrected chi connectivity index (χ2v) is 11.2. The van der Waals surface area contributed by atoms with Crippen molar-refractivity contribution in [1.82, 2.24) is 4.90 Å². The van der Waals surface area contributed by atoms with E-state index in [1.807, 2.05) is 43.3 Å². The molecule has 2 aromatic rings. The lowest BCUT2D eigenvalue weighted by Gasteiger charge is -2.34. The maximum Gasteiger partial charge on any atom is 0.225 e. The van der Waals surface area contributed by atoms with E-state index in [9.17, 15) is 9.90 Å². The van der Waals surface area contributed by atoms with E-state index in [1.54, 1.807) is 6.07 Å². The molecule has 0 bridgehead atoms. The predicted octanol–water partition coefficient (Wildman–Crippen LogP) is 6.16. The zero-order valence-electron chi connectivity index (χ0n) is 22.1. The minimum absolute atomic E-state index is 0.113. The minimum atomic E-state index is -1.47. The topological polar surface area (TPSA) is 85.0 Å². The summed E-state index contributed by atoms with van der Waals surface area (Å²) >= 11 is 6.38. The molecule has 0 aromatic heterocycles. The Morgan fingerprint density at radius 2 is 1.97 bits per heavy atom. The number of amides is 1. The highest BCUT2D eigenvalue weighted by Crippen LogP contribution is 2.40. The van der Waals surface area contributed by atoms with Crippen LogP contribution in [-0.4, -0.2) is 42.2 Å². The minimum Gasteiger partial charge on any atom is -0.455 e. The van der Waals surface area contributed by atoms with Gasteiger partial charge in [0.1, 0.15) is 11.5 Å². The first-order chi connectivity index (χ1) is 17.8. The van der Waals surface area contributed by atoms with E-state index < -0.39 is 5.79 Å². The van der Waals surface area contributed by atoms with Crippen LogP contribution in [-0.2, 0) is 15.3 Å². The molecule has 4 atom stereocenters. The van der Waals surface area contributed by atoms with Crippen LogP contribution < -0.4 is 10.5 Å². The van der Waals surface area contributed by atoms with Gasteiger partial charge in [-0.05, 0) is 81.5 Å². The molecule has 7 heteroatoms. The number of hydrogen-bond acceptors (Lipinski definition) is 5. The van der Waals surface area contributed by atoms with Gasteiger partial charge in [0.25, 0.3) is 0 Å². The molecule has 1 heterocycles. The van der Waals surface area contributed by atoms with E-state index >= 15 is 0 Å². The smallest absolute Gasteiger partial charge is 0.225 e. The fourth-order valence-electron chi connectivity index (χ4n) is 5.88. The van der Waals surface area contributed by atoms with Crippen molar-refractivity contribution in [3.8, 4) is 11.5 Å². The maximum absolute atomic E-state index is 13.0. The number of ether oxygens (including phenoxy) is 2. The lowest BCUT2D eigenvalue weighted by molar-refractivity contribution is -0.200. The van der Waals surface area contributed by atoms with E-state index in [2.05, 4.69) is 4.90 Å². The summed E-state index contributed by atoms with van der Waals surface area (Å²) in [4.78, 5) is 15.0. The fourth-order valence-corrected chi connectivity index (χ4v) is 6.14. The van der Waals surface area contributed by atoms with Gasteiger partial charge in [-0.1, -0.05) is 42.3 Å². The van der Waals surface area contributed by atoms with Crippen molar-refractivity contribution in [3.05, 3.63) is 58.6 Å². The quantitative estimate of drug-likeness (QED) is 0.285. The Morgan fingerprint density at radius 3 is 2.70 bits per heavy atom. The average molecular weight is 529 g/mol. The molecule has 1 aliphatic carbocycles. The van der Waals surface area contributed by atoms with Gasteiger partial charge in [-0.3, -0.25) is 4.79 Å². The Hall–Kier alpha value is -2.12. The molecule has 2 aromatic carbocycles. The van der Waals surface area contributed by atoms with Crippen LogP contribution in [0.2, 0.25) is 5.02 Å². The van der Waals surface area contributed by atoms with Gasteiger partial charge in [0, 0.05) is 38.6 Å². The number of unbranched alkanes of at least 4 members (excludes halogenated alkanes) is 1. The molecular formula is C30H41ClN2O4. The molecule has 0 spiro atoms. The van der Waals surface area contributed by atoms with Crippen molar-refractivity contribution in [2.45, 2.75) is 76.5 Å². The first-order valence-electron chi connectivity index (χ1n) is 13.6. The number of methoxy groups -OCH3 is 1. The van der Waals surface area contributed by atoms with Gasteiger partial charge in [0.2, 0.25) is 5.91 Å². The Kier molecular flexibility index (Phi) is 9.51. The van der Waals surface area contributed by atoms with Crippen LogP contribution in [0.1, 0.15) is 68.9 Å². The molecule has 6 nitrogen and oxygen atoms in total. The number of aliphatic hydroxyl groups is 1. The van der Waals surface area contributed by atoms with Crippen molar-refractivity contribution in [1.29, 1.82) is 0 Å². The first kappa shape index (κ1) is 27.9. The summed E-state index contributed by atoms with van der Waals surface area (Å²) in [6.45, 7) is 3.65. The van der Waals surface area contributed by atoms with Crippen LogP contribution in [0.15, 0.2) is 42.5 Å². The number of nitrogens with zero attached hydrogens (tertiary/aromatic N) is 1. The number of piperidine rings is 1. The summed E-state index contributed by atoms with van der Waals surface area (Å²) < 4.78 is 11.8. The monoisotopic (exact) mass is 528 g/mol. The number of hydrogen-bond donors (Lipinski definition) is 2. The third-order valence-corrected chi connectivity index (χ3v) is 8.35. The van der Waals surface area contributed by atoms with Crippen molar-refractivity contribution in [2.75, 3.05) is 20.2 Å². The van der Waals surface area contributed by atoms with Crippen LogP contribution >= 0.6 is 11.6 Å². The summed E-state index contributed by atoms with van der Waals surface area (Å²) in [5.74, 6) is 0.546. The third-order valence-electron chi connectivity index (χ3n) is 8.05. The highest BCUT2D eigenvalue weighted by molar-refractivity contribution is 6.32. The van der Waals surface area contributed by atoms with Gasteiger partial charge in [-0.25, -0.2) is 0 Å². The molecule has 2 aliphatic rings. The highest BCUT2D eigenvalue weighted by atomic mass is 35.5. The molecule has 4 rings (SSSR count). The summed E-state index contributed by atoms with van der Waals surface area (Å²) in [7, 11) is 1.52. The molecule has 4 unspecified atom stereocenters. The molecule has 0 radical (unpaired) electrons. The SMILES string of the molecule is COC(O)(CCCCC1CCCN(C(=O)C2CCC(N)C2)C1)c1ccccc1Oc1c(C)cccc1Cl. The number of para-hydroxylation sites is 2. The summed E-state index contributed by atoms with van der Waals surface area (Å²) in [6.07, 6.45) is 8.16. The average Bonchev–Trinajstić information content (AvgIpc) is 3.35. The molecule has 1 aliphatic heterocycles. The van der Waals surface area contributed by atoms with Crippen molar-refractivity contribution >= 4 is 17.5 Å². The van der Waals surface area contributed by atoms with Crippen molar-refractivity contribution in [2.24, 2.45) is 17.6 Å². The van der Waals surface area contributed by atoms with Gasteiger partial charge in [-0.2, -0.15) is 0 Å². The van der Waals surface area contributed by atoms with E-state index in [4.69, 9.17) is 26.8 Å². The maximum atomic E-state index is 13.0. The Balaban J connectivity index is 1.33. The molecule has 37 heavy (non-hydrogen) atoms. The van der Waals surface area contributed by atoms with Crippen molar-refractivity contribution < 1.29 is 19.4 Å². The number of halogens is 1. The fraction of sp³-hybridized carbons (Fsp3) is 0.567. The normalized spacial score (nSPS) is 23.6. The molecule has 1 saturated carbocycles. The second kappa shape index (κ2) is 12.6. The van der Waals surface area contributed by atoms with Crippen LogP contribution in [0.25, 0.3) is 0 Å². The van der Waals surface area contributed by atoms with Gasteiger partial charge in [-0.15, -0.1) is 0 Å². The predicted molar refractivity (Wildman–Crippen MR) is 147 cm³/mol. The van der Waals surface area contributed by atoms with E-state index in [0.717, 1.165) is 70.0 Å². The summed E-state index contributed by atoms with van der Waals surface area (Å²) in [5, 5.41) is 12.0. The number of nitrogens with two attached hydrogens (primary N) is 1. The number of carbonyl (C=O) groups is 1. The Labute approximate surface area is 226 Å². The van der Waals surface area contributed by atoms with Gasteiger partial charge < -0.3 is 25.2 Å². The van der Waals surface area contributed by atoms with Crippen molar-refractivity contribution in [3.63, 3.8) is 0 Å². The number of aryl methyl sites for hydroxylation is 1. The largest absolute Gasteiger partial charge is 0.455 e. The van der Waals surface area contributed by atoms with Crippen LogP contribution in [0.5, 0.6) is 11.5 Å². The zero-order valence-corrected chi connectivity index (χ0v) is 22.9. The molecule has 202 valence electrons. The standard InChI is InChI=1S/C30H41ClN2O4/c1-21-9-7-13-26(31)28(21)37-27-14-4-3-12-25(27)30(35,36-2)17-6-5-10-22-11-8-18-33(20-22)29(34)23-15-16-24(32)19-23/h3-4,7,9,12-14,22-24,35H,5-6,8,10-11,15-20,32H2,1-2H3. The van der Waals surface area contributed by atoms with Crippen LogP contribution in [0, 0.1) is 18.8 Å². The zero-order chi connectivity index (χ0) is 26.4. The molecule has 1 saturated heterocycles. The molecule has 2 fully saturated rings. The summed E-state index contributed by atoms with van der Waals surface area (Å²) in [6, 6.07) is 13.2. The number of likely N-dealkylation sites (tertiary alicyclic amines) is 1. The first-order valence-corrected chi connectivity index (χ1v) is 14.0. The lowest BCUT2D eigenvalue weighted by Crippen LogP contribution is -2.42. The molecular weight excluding hydrogens is 488 g/mol. The number of rotatable bonds is 10. The molecule has 1 amide bonds. The Morgan fingerprint density at radius 1 is 1.16 bits per heavy atom. The lowest BCUT2D eigenvalue weighted by atomic mass is 9.90. The van der Waals surface area contributed by atoms with E-state index in [-0.39, 0.29) is 12.0 Å². The number of benzene rings is 2. The molecule has 3 N–H and O–H groups in total. The second-order valence-electron chi connectivity index (χ2n) is 10.8. The van der Waals surface area contributed by atoms with Gasteiger partial charge >= 0.3 is 0 Å².